The zero-order valence-corrected chi connectivity index (χ0v) is 15.3. The van der Waals surface area contributed by atoms with Gasteiger partial charge in [-0.3, -0.25) is 0 Å². The SMILES string of the molecule is Cc1ccc(N2CCN(C(=O)Nc3ccc(C(F)(F)F)cc3)CC2)cc1C. The number of hydrogen-bond donors (Lipinski definition) is 1. The Morgan fingerprint density at radius 1 is 0.926 bits per heavy atom. The lowest BCUT2D eigenvalue weighted by Crippen LogP contribution is -2.50. The van der Waals surface area contributed by atoms with E-state index in [1.54, 1.807) is 4.90 Å². The van der Waals surface area contributed by atoms with Gasteiger partial charge in [0.1, 0.15) is 0 Å². The normalized spacial score (nSPS) is 15.0. The second-order valence-corrected chi connectivity index (χ2v) is 6.75. The number of aryl methyl sites for hydroxylation is 2. The zero-order chi connectivity index (χ0) is 19.6. The molecule has 1 aliphatic heterocycles. The number of nitrogens with one attached hydrogen (secondary N) is 1. The van der Waals surface area contributed by atoms with Crippen molar-refractivity contribution in [3.63, 3.8) is 0 Å². The molecule has 0 aromatic heterocycles. The smallest absolute Gasteiger partial charge is 0.368 e. The van der Waals surface area contributed by atoms with Gasteiger partial charge in [-0.05, 0) is 61.4 Å². The average Bonchev–Trinajstić information content (AvgIpc) is 2.64. The molecule has 1 aliphatic rings. The molecule has 0 spiro atoms. The van der Waals surface area contributed by atoms with Gasteiger partial charge in [0.25, 0.3) is 0 Å². The quantitative estimate of drug-likeness (QED) is 0.825. The van der Waals surface area contributed by atoms with Gasteiger partial charge in [-0.25, -0.2) is 4.79 Å². The summed E-state index contributed by atoms with van der Waals surface area (Å²) in [6, 6.07) is 10.5. The molecule has 0 atom stereocenters. The zero-order valence-electron chi connectivity index (χ0n) is 15.3. The van der Waals surface area contributed by atoms with Gasteiger partial charge in [-0.2, -0.15) is 13.2 Å². The molecule has 4 nitrogen and oxygen atoms in total. The molecule has 0 bridgehead atoms. The minimum atomic E-state index is -4.38. The van der Waals surface area contributed by atoms with Crippen molar-refractivity contribution < 1.29 is 18.0 Å². The third-order valence-electron chi connectivity index (χ3n) is 4.89. The Hall–Kier alpha value is -2.70. The predicted octanol–water partition coefficient (Wildman–Crippen LogP) is 4.68. The fourth-order valence-corrected chi connectivity index (χ4v) is 3.04. The first kappa shape index (κ1) is 19.1. The van der Waals surface area contributed by atoms with E-state index < -0.39 is 11.7 Å². The van der Waals surface area contributed by atoms with Crippen molar-refractivity contribution in [3.8, 4) is 0 Å². The van der Waals surface area contributed by atoms with Crippen molar-refractivity contribution in [1.29, 1.82) is 0 Å². The number of urea groups is 1. The molecule has 144 valence electrons. The van der Waals surface area contributed by atoms with Crippen LogP contribution < -0.4 is 10.2 Å². The van der Waals surface area contributed by atoms with E-state index in [0.29, 0.717) is 31.9 Å². The van der Waals surface area contributed by atoms with E-state index in [1.807, 2.05) is 0 Å². The first-order chi connectivity index (χ1) is 12.7. The summed E-state index contributed by atoms with van der Waals surface area (Å²) in [5.74, 6) is 0. The van der Waals surface area contributed by atoms with Crippen LogP contribution in [0.5, 0.6) is 0 Å². The van der Waals surface area contributed by atoms with Crippen LogP contribution in [-0.4, -0.2) is 37.1 Å². The molecule has 1 heterocycles. The van der Waals surface area contributed by atoms with Crippen molar-refractivity contribution in [3.05, 3.63) is 59.2 Å². The Labute approximate surface area is 156 Å². The topological polar surface area (TPSA) is 35.6 Å². The molecule has 1 fully saturated rings. The molecular formula is C20H22F3N3O. The Bertz CT molecular complexity index is 810. The van der Waals surface area contributed by atoms with Gasteiger partial charge < -0.3 is 15.1 Å². The van der Waals surface area contributed by atoms with Crippen LogP contribution in [0.4, 0.5) is 29.3 Å². The maximum atomic E-state index is 12.6. The Morgan fingerprint density at radius 2 is 1.56 bits per heavy atom. The highest BCUT2D eigenvalue weighted by atomic mass is 19.4. The number of amides is 2. The van der Waals surface area contributed by atoms with E-state index in [9.17, 15) is 18.0 Å². The maximum Gasteiger partial charge on any atom is 0.416 e. The summed E-state index contributed by atoms with van der Waals surface area (Å²) in [5.41, 5.74) is 3.23. The molecule has 27 heavy (non-hydrogen) atoms. The van der Waals surface area contributed by atoms with Crippen molar-refractivity contribution >= 4 is 17.4 Å². The summed E-state index contributed by atoms with van der Waals surface area (Å²) in [6.45, 7) is 6.68. The standard InChI is InChI=1S/C20H22F3N3O/c1-14-3-8-18(13-15(14)2)25-9-11-26(12-10-25)19(27)24-17-6-4-16(5-7-17)20(21,22)23/h3-8,13H,9-12H2,1-2H3,(H,24,27). The molecule has 0 radical (unpaired) electrons. The number of piperazine rings is 1. The molecule has 2 aromatic carbocycles. The lowest BCUT2D eigenvalue weighted by Gasteiger charge is -2.36. The summed E-state index contributed by atoms with van der Waals surface area (Å²) >= 11 is 0. The van der Waals surface area contributed by atoms with Crippen LogP contribution in [0.15, 0.2) is 42.5 Å². The molecule has 0 unspecified atom stereocenters. The molecule has 7 heteroatoms. The number of nitrogens with zero attached hydrogens (tertiary/aromatic N) is 2. The molecule has 3 rings (SSSR count). The Balaban J connectivity index is 1.56. The lowest BCUT2D eigenvalue weighted by atomic mass is 10.1. The highest BCUT2D eigenvalue weighted by molar-refractivity contribution is 5.89. The highest BCUT2D eigenvalue weighted by Gasteiger charge is 2.30. The first-order valence-corrected chi connectivity index (χ1v) is 8.79. The van der Waals surface area contributed by atoms with Gasteiger partial charge >= 0.3 is 12.2 Å². The minimum Gasteiger partial charge on any atom is -0.368 e. The predicted molar refractivity (Wildman–Crippen MR) is 100 cm³/mol. The van der Waals surface area contributed by atoms with Gasteiger partial charge in [-0.1, -0.05) is 6.07 Å². The van der Waals surface area contributed by atoms with Crippen LogP contribution in [0.25, 0.3) is 0 Å². The third-order valence-corrected chi connectivity index (χ3v) is 4.89. The average molecular weight is 377 g/mol. The second-order valence-electron chi connectivity index (χ2n) is 6.75. The van der Waals surface area contributed by atoms with Crippen LogP contribution >= 0.6 is 0 Å². The summed E-state index contributed by atoms with van der Waals surface area (Å²) < 4.78 is 37.8. The fourth-order valence-electron chi connectivity index (χ4n) is 3.04. The lowest BCUT2D eigenvalue weighted by molar-refractivity contribution is -0.137. The number of hydrogen-bond acceptors (Lipinski definition) is 2. The van der Waals surface area contributed by atoms with Crippen LogP contribution in [0.1, 0.15) is 16.7 Å². The van der Waals surface area contributed by atoms with Crippen LogP contribution in [0.2, 0.25) is 0 Å². The summed E-state index contributed by atoms with van der Waals surface area (Å²) in [5, 5.41) is 2.66. The Kier molecular flexibility index (Phi) is 5.30. The number of anilines is 2. The number of carbonyl (C=O) groups excluding carboxylic acids is 1. The van der Waals surface area contributed by atoms with Gasteiger partial charge in [0.15, 0.2) is 0 Å². The van der Waals surface area contributed by atoms with Crippen LogP contribution in [0, 0.1) is 13.8 Å². The minimum absolute atomic E-state index is 0.297. The Morgan fingerprint density at radius 3 is 2.11 bits per heavy atom. The molecule has 2 aromatic rings. The van der Waals surface area contributed by atoms with E-state index in [0.717, 1.165) is 17.8 Å². The third kappa shape index (κ3) is 4.53. The van der Waals surface area contributed by atoms with E-state index in [1.165, 1.54) is 23.3 Å². The van der Waals surface area contributed by atoms with Crippen molar-refractivity contribution in [2.75, 3.05) is 36.4 Å². The second kappa shape index (κ2) is 7.50. The van der Waals surface area contributed by atoms with Crippen LogP contribution in [0.3, 0.4) is 0 Å². The monoisotopic (exact) mass is 377 g/mol. The van der Waals surface area contributed by atoms with Crippen LogP contribution in [-0.2, 0) is 6.18 Å². The highest BCUT2D eigenvalue weighted by Crippen LogP contribution is 2.30. The van der Waals surface area contributed by atoms with Gasteiger partial charge in [0, 0.05) is 37.6 Å². The van der Waals surface area contributed by atoms with Crippen molar-refractivity contribution in [2.24, 2.45) is 0 Å². The van der Waals surface area contributed by atoms with E-state index in [4.69, 9.17) is 0 Å². The van der Waals surface area contributed by atoms with Gasteiger partial charge in [0.05, 0.1) is 5.56 Å². The largest absolute Gasteiger partial charge is 0.416 e. The fraction of sp³-hybridized carbons (Fsp3) is 0.350. The molecule has 1 saturated heterocycles. The number of carbonyl (C=O) groups is 1. The molecule has 0 aliphatic carbocycles. The maximum absolute atomic E-state index is 12.6. The van der Waals surface area contributed by atoms with E-state index in [2.05, 4.69) is 42.3 Å². The first-order valence-electron chi connectivity index (χ1n) is 8.79. The van der Waals surface area contributed by atoms with Crippen molar-refractivity contribution in [1.82, 2.24) is 4.90 Å². The van der Waals surface area contributed by atoms with Gasteiger partial charge in [0.2, 0.25) is 0 Å². The summed E-state index contributed by atoms with van der Waals surface area (Å²) in [4.78, 5) is 16.3. The molecule has 2 amide bonds. The molecule has 0 saturated carbocycles. The molecule has 1 N–H and O–H groups in total. The number of benzene rings is 2. The summed E-state index contributed by atoms with van der Waals surface area (Å²) in [6.07, 6.45) is -4.38. The number of halogens is 3. The van der Waals surface area contributed by atoms with E-state index in [-0.39, 0.29) is 6.03 Å². The number of rotatable bonds is 2. The van der Waals surface area contributed by atoms with Gasteiger partial charge in [-0.15, -0.1) is 0 Å². The van der Waals surface area contributed by atoms with E-state index >= 15 is 0 Å². The summed E-state index contributed by atoms with van der Waals surface area (Å²) in [7, 11) is 0. The van der Waals surface area contributed by atoms with Crippen molar-refractivity contribution in [2.45, 2.75) is 20.0 Å². The molecular weight excluding hydrogens is 355 g/mol. The number of alkyl halides is 3.